The summed E-state index contributed by atoms with van der Waals surface area (Å²) < 4.78 is 0. The molecule has 1 heterocycles. The lowest BCUT2D eigenvalue weighted by Crippen LogP contribution is -2.49. The molecule has 148 valence electrons. The molecule has 1 saturated heterocycles. The van der Waals surface area contributed by atoms with E-state index in [1.165, 1.54) is 32.2 Å². The van der Waals surface area contributed by atoms with Gasteiger partial charge < -0.3 is 15.7 Å². The second-order valence-corrected chi connectivity index (χ2v) is 7.77. The first-order chi connectivity index (χ1) is 11.6. The van der Waals surface area contributed by atoms with Crippen molar-refractivity contribution in [2.24, 2.45) is 10.4 Å². The van der Waals surface area contributed by atoms with E-state index < -0.39 is 0 Å². The summed E-state index contributed by atoms with van der Waals surface area (Å²) >= 11 is 0. The van der Waals surface area contributed by atoms with E-state index in [0.717, 1.165) is 44.9 Å². The zero-order valence-corrected chi connectivity index (χ0v) is 18.7. The highest BCUT2D eigenvalue weighted by atomic mass is 127. The maximum Gasteiger partial charge on any atom is 0.191 e. The molecule has 2 aliphatic rings. The number of likely N-dealkylation sites (tertiary alicyclic amines) is 1. The molecule has 3 N–H and O–H groups in total. The van der Waals surface area contributed by atoms with Crippen LogP contribution in [0.3, 0.4) is 0 Å². The van der Waals surface area contributed by atoms with Crippen LogP contribution in [-0.2, 0) is 0 Å². The summed E-state index contributed by atoms with van der Waals surface area (Å²) in [6.45, 7) is 11.4. The number of piperidine rings is 1. The highest BCUT2D eigenvalue weighted by molar-refractivity contribution is 14.0. The summed E-state index contributed by atoms with van der Waals surface area (Å²) in [7, 11) is 0. The molecule has 0 radical (unpaired) electrons. The van der Waals surface area contributed by atoms with Gasteiger partial charge in [-0.15, -0.1) is 24.0 Å². The molecule has 0 aromatic heterocycles. The number of hydrogen-bond acceptors (Lipinski definition) is 3. The zero-order valence-electron chi connectivity index (χ0n) is 16.4. The number of guanidine groups is 1. The standard InChI is InChI=1S/C19H38N4O.HI/c1-4-20-18(21-14-16-10-7-9-13-23(16)5-2)22-15-19(3)12-8-6-11-17(19)24;/h16-17,24H,4-15H2,1-3H3,(H2,20,21,22);1H. The molecule has 25 heavy (non-hydrogen) atoms. The van der Waals surface area contributed by atoms with Crippen LogP contribution in [0.2, 0.25) is 0 Å². The molecule has 1 saturated carbocycles. The van der Waals surface area contributed by atoms with Gasteiger partial charge in [0.1, 0.15) is 0 Å². The first-order valence-electron chi connectivity index (χ1n) is 10.0. The van der Waals surface area contributed by atoms with Crippen molar-refractivity contribution in [3.8, 4) is 0 Å². The fraction of sp³-hybridized carbons (Fsp3) is 0.947. The second-order valence-electron chi connectivity index (χ2n) is 7.77. The third-order valence-electron chi connectivity index (χ3n) is 5.88. The molecule has 0 spiro atoms. The third kappa shape index (κ3) is 6.86. The minimum Gasteiger partial charge on any atom is -0.392 e. The molecule has 1 aliphatic heterocycles. The lowest BCUT2D eigenvalue weighted by Gasteiger charge is -2.37. The van der Waals surface area contributed by atoms with Gasteiger partial charge in [-0.3, -0.25) is 9.89 Å². The normalized spacial score (nSPS) is 31.3. The molecule has 0 bridgehead atoms. The van der Waals surface area contributed by atoms with Crippen molar-refractivity contribution < 1.29 is 5.11 Å². The number of rotatable bonds is 6. The highest BCUT2D eigenvalue weighted by Crippen LogP contribution is 2.36. The smallest absolute Gasteiger partial charge is 0.191 e. The molecule has 2 rings (SSSR count). The molecular weight excluding hydrogens is 427 g/mol. The van der Waals surface area contributed by atoms with Gasteiger partial charge in [-0.05, 0) is 45.7 Å². The monoisotopic (exact) mass is 466 g/mol. The molecule has 3 atom stereocenters. The van der Waals surface area contributed by atoms with E-state index in [2.05, 4.69) is 36.3 Å². The molecule has 1 aliphatic carbocycles. The second kappa shape index (κ2) is 11.6. The maximum absolute atomic E-state index is 10.4. The van der Waals surface area contributed by atoms with E-state index >= 15 is 0 Å². The van der Waals surface area contributed by atoms with Crippen LogP contribution < -0.4 is 10.6 Å². The van der Waals surface area contributed by atoms with Crippen LogP contribution in [0.5, 0.6) is 0 Å². The van der Waals surface area contributed by atoms with Crippen molar-refractivity contribution in [3.05, 3.63) is 0 Å². The van der Waals surface area contributed by atoms with Gasteiger partial charge in [-0.2, -0.15) is 0 Å². The Kier molecular flexibility index (Phi) is 10.6. The summed E-state index contributed by atoms with van der Waals surface area (Å²) in [5.74, 6) is 0.901. The predicted octanol–water partition coefficient (Wildman–Crippen LogP) is 2.98. The van der Waals surface area contributed by atoms with E-state index in [1.807, 2.05) is 0 Å². The van der Waals surface area contributed by atoms with Crippen molar-refractivity contribution in [2.45, 2.75) is 77.9 Å². The van der Waals surface area contributed by atoms with Crippen LogP contribution in [0.25, 0.3) is 0 Å². The molecule has 0 aromatic rings. The van der Waals surface area contributed by atoms with Crippen molar-refractivity contribution in [3.63, 3.8) is 0 Å². The van der Waals surface area contributed by atoms with Crippen molar-refractivity contribution in [1.82, 2.24) is 15.5 Å². The fourth-order valence-electron chi connectivity index (χ4n) is 4.09. The van der Waals surface area contributed by atoms with Crippen LogP contribution >= 0.6 is 24.0 Å². The van der Waals surface area contributed by atoms with Crippen molar-refractivity contribution in [1.29, 1.82) is 0 Å². The lowest BCUT2D eigenvalue weighted by molar-refractivity contribution is 0.00715. The van der Waals surface area contributed by atoms with Crippen LogP contribution in [0, 0.1) is 5.41 Å². The number of aliphatic hydroxyl groups is 1. The average molecular weight is 466 g/mol. The Morgan fingerprint density at radius 1 is 1.16 bits per heavy atom. The Bertz CT molecular complexity index is 407. The van der Waals surface area contributed by atoms with Crippen molar-refractivity contribution in [2.75, 3.05) is 32.7 Å². The number of aliphatic hydroxyl groups excluding tert-OH is 1. The topological polar surface area (TPSA) is 59.9 Å². The summed E-state index contributed by atoms with van der Waals surface area (Å²) in [6.07, 6.45) is 8.07. The van der Waals surface area contributed by atoms with Gasteiger partial charge in [-0.25, -0.2) is 0 Å². The number of likely N-dealkylation sites (N-methyl/N-ethyl adjacent to an activating group) is 1. The van der Waals surface area contributed by atoms with Crippen LogP contribution in [0.4, 0.5) is 0 Å². The number of halogens is 1. The largest absolute Gasteiger partial charge is 0.392 e. The molecule has 0 aromatic carbocycles. The molecular formula is C19H39IN4O. The minimum absolute atomic E-state index is 0. The molecule has 2 fully saturated rings. The lowest BCUT2D eigenvalue weighted by atomic mass is 9.73. The Morgan fingerprint density at radius 2 is 1.92 bits per heavy atom. The summed E-state index contributed by atoms with van der Waals surface area (Å²) in [6, 6.07) is 0.614. The number of nitrogens with zero attached hydrogens (tertiary/aromatic N) is 2. The van der Waals surface area contributed by atoms with Gasteiger partial charge in [0.15, 0.2) is 5.96 Å². The quantitative estimate of drug-likeness (QED) is 0.320. The van der Waals surface area contributed by atoms with Gasteiger partial charge >= 0.3 is 0 Å². The van der Waals surface area contributed by atoms with E-state index in [9.17, 15) is 5.11 Å². The van der Waals surface area contributed by atoms with Crippen LogP contribution in [-0.4, -0.2) is 60.8 Å². The highest BCUT2D eigenvalue weighted by Gasteiger charge is 2.35. The first-order valence-corrected chi connectivity index (χ1v) is 10.0. The fourth-order valence-corrected chi connectivity index (χ4v) is 4.09. The first kappa shape index (κ1) is 23.0. The molecule has 6 heteroatoms. The van der Waals surface area contributed by atoms with Gasteiger partial charge in [-0.1, -0.05) is 33.1 Å². The summed E-state index contributed by atoms with van der Waals surface area (Å²) in [4.78, 5) is 7.39. The zero-order chi connectivity index (χ0) is 17.4. The van der Waals surface area contributed by atoms with Gasteiger partial charge in [0, 0.05) is 24.5 Å². The summed E-state index contributed by atoms with van der Waals surface area (Å²) in [5.41, 5.74) is -0.0686. The molecule has 5 nitrogen and oxygen atoms in total. The van der Waals surface area contributed by atoms with E-state index in [0.29, 0.717) is 12.6 Å². The van der Waals surface area contributed by atoms with Crippen LogP contribution in [0.1, 0.15) is 65.7 Å². The van der Waals surface area contributed by atoms with E-state index in [4.69, 9.17) is 4.99 Å². The summed E-state index contributed by atoms with van der Waals surface area (Å²) in [5, 5.41) is 17.3. The third-order valence-corrected chi connectivity index (χ3v) is 5.88. The Hall–Kier alpha value is -0.0800. The maximum atomic E-state index is 10.4. The van der Waals surface area contributed by atoms with Gasteiger partial charge in [0.05, 0.1) is 12.6 Å². The number of aliphatic imine (C=N–C) groups is 1. The van der Waals surface area contributed by atoms with Crippen molar-refractivity contribution >= 4 is 29.9 Å². The number of nitrogens with one attached hydrogen (secondary N) is 2. The van der Waals surface area contributed by atoms with Gasteiger partial charge in [0.2, 0.25) is 0 Å². The Labute approximate surface area is 171 Å². The molecule has 3 unspecified atom stereocenters. The van der Waals surface area contributed by atoms with Gasteiger partial charge in [0.25, 0.3) is 0 Å². The van der Waals surface area contributed by atoms with Crippen LogP contribution in [0.15, 0.2) is 4.99 Å². The number of hydrogen-bond donors (Lipinski definition) is 3. The van der Waals surface area contributed by atoms with E-state index in [1.54, 1.807) is 0 Å². The van der Waals surface area contributed by atoms with E-state index in [-0.39, 0.29) is 35.5 Å². The predicted molar refractivity (Wildman–Crippen MR) is 117 cm³/mol. The Balaban J connectivity index is 0.00000312. The Morgan fingerprint density at radius 3 is 2.60 bits per heavy atom. The minimum atomic E-state index is -0.216. The SMILES string of the molecule is CCNC(=NCC1(C)CCCCC1O)NCC1CCCCN1CC.I. The molecule has 0 amide bonds. The average Bonchev–Trinajstić information content (AvgIpc) is 2.60.